The fraction of sp³-hybridized carbons (Fsp3) is 0.615. The normalized spacial score (nSPS) is 18.5. The minimum Gasteiger partial charge on any atom is -0.350 e. The number of hydrogen-bond donors (Lipinski definition) is 1. The Morgan fingerprint density at radius 3 is 3.00 bits per heavy atom. The van der Waals surface area contributed by atoms with E-state index in [4.69, 9.17) is 0 Å². The van der Waals surface area contributed by atoms with Crippen LogP contribution in [-0.2, 0) is 0 Å². The van der Waals surface area contributed by atoms with Crippen LogP contribution in [0.1, 0.15) is 25.3 Å². The number of pyridine rings is 1. The Balaban J connectivity index is 2.23. The highest BCUT2D eigenvalue weighted by molar-refractivity contribution is 5.58. The maximum atomic E-state index is 11.2. The van der Waals surface area contributed by atoms with E-state index in [0.29, 0.717) is 11.9 Å². The first-order valence-corrected chi connectivity index (χ1v) is 6.71. The van der Waals surface area contributed by atoms with Gasteiger partial charge in [0.15, 0.2) is 0 Å². The van der Waals surface area contributed by atoms with Crippen molar-refractivity contribution in [3.63, 3.8) is 0 Å². The van der Waals surface area contributed by atoms with Crippen molar-refractivity contribution in [1.82, 2.24) is 10.3 Å². The predicted octanol–water partition coefficient (Wildman–Crippen LogP) is 1.88. The third-order valence-corrected chi connectivity index (χ3v) is 3.47. The molecule has 19 heavy (non-hydrogen) atoms. The van der Waals surface area contributed by atoms with E-state index in [2.05, 4.69) is 10.3 Å². The molecule has 1 fully saturated rings. The zero-order valence-electron chi connectivity index (χ0n) is 11.4. The summed E-state index contributed by atoms with van der Waals surface area (Å²) in [5.74, 6) is 0.479. The van der Waals surface area contributed by atoms with Gasteiger partial charge in [-0.15, -0.1) is 0 Å². The molecule has 6 nitrogen and oxygen atoms in total. The smallest absolute Gasteiger partial charge is 0.311 e. The van der Waals surface area contributed by atoms with Crippen molar-refractivity contribution >= 4 is 11.5 Å². The van der Waals surface area contributed by atoms with E-state index in [9.17, 15) is 10.1 Å². The van der Waals surface area contributed by atoms with Gasteiger partial charge in [0.05, 0.1) is 4.92 Å². The summed E-state index contributed by atoms with van der Waals surface area (Å²) >= 11 is 0. The minimum atomic E-state index is -0.347. The highest BCUT2D eigenvalue weighted by Gasteiger charge is 2.24. The second-order valence-corrected chi connectivity index (χ2v) is 4.94. The third-order valence-electron chi connectivity index (χ3n) is 3.47. The Labute approximate surface area is 113 Å². The number of aryl methyl sites for hydroxylation is 1. The van der Waals surface area contributed by atoms with E-state index in [0.717, 1.165) is 31.6 Å². The van der Waals surface area contributed by atoms with Crippen molar-refractivity contribution in [1.29, 1.82) is 0 Å². The Bertz CT molecular complexity index is 458. The molecule has 1 unspecified atom stereocenters. The lowest BCUT2D eigenvalue weighted by molar-refractivity contribution is -0.384. The van der Waals surface area contributed by atoms with Crippen molar-refractivity contribution in [3.8, 4) is 0 Å². The van der Waals surface area contributed by atoms with Crippen molar-refractivity contribution in [2.24, 2.45) is 0 Å². The number of nitrogens with zero attached hydrogens (tertiary/aromatic N) is 3. The van der Waals surface area contributed by atoms with Crippen LogP contribution >= 0.6 is 0 Å². The van der Waals surface area contributed by atoms with Gasteiger partial charge in [-0.05, 0) is 38.8 Å². The van der Waals surface area contributed by atoms with E-state index in [1.165, 1.54) is 6.42 Å². The van der Waals surface area contributed by atoms with E-state index >= 15 is 0 Å². The van der Waals surface area contributed by atoms with Crippen LogP contribution in [0, 0.1) is 17.0 Å². The Morgan fingerprint density at radius 2 is 2.42 bits per heavy atom. The summed E-state index contributed by atoms with van der Waals surface area (Å²) in [4.78, 5) is 17.1. The SMILES string of the molecule is CCN(CC1CCCN1)c1ncc(C)cc1[N+](=O)[O-]. The molecular formula is C13H20N4O2. The van der Waals surface area contributed by atoms with Gasteiger partial charge in [-0.2, -0.15) is 0 Å². The quantitative estimate of drug-likeness (QED) is 0.649. The van der Waals surface area contributed by atoms with E-state index in [-0.39, 0.29) is 10.6 Å². The van der Waals surface area contributed by atoms with Gasteiger partial charge in [0.1, 0.15) is 0 Å². The summed E-state index contributed by atoms with van der Waals surface area (Å²) in [6.45, 7) is 6.34. The van der Waals surface area contributed by atoms with E-state index in [1.807, 2.05) is 18.7 Å². The van der Waals surface area contributed by atoms with Crippen LogP contribution < -0.4 is 10.2 Å². The molecular weight excluding hydrogens is 244 g/mol. The molecule has 0 aromatic carbocycles. The van der Waals surface area contributed by atoms with Gasteiger partial charge in [0.25, 0.3) is 0 Å². The Kier molecular flexibility index (Phi) is 4.31. The summed E-state index contributed by atoms with van der Waals surface area (Å²) in [7, 11) is 0. The maximum Gasteiger partial charge on any atom is 0.311 e. The van der Waals surface area contributed by atoms with Crippen LogP contribution in [0.4, 0.5) is 11.5 Å². The zero-order valence-corrected chi connectivity index (χ0v) is 11.4. The highest BCUT2D eigenvalue weighted by Crippen LogP contribution is 2.26. The first-order chi connectivity index (χ1) is 9.11. The summed E-state index contributed by atoms with van der Waals surface area (Å²) in [5.41, 5.74) is 0.908. The molecule has 1 aliphatic heterocycles. The molecule has 0 amide bonds. The van der Waals surface area contributed by atoms with Crippen molar-refractivity contribution < 1.29 is 4.92 Å². The van der Waals surface area contributed by atoms with Crippen LogP contribution in [0.15, 0.2) is 12.3 Å². The molecule has 1 atom stereocenters. The van der Waals surface area contributed by atoms with Gasteiger partial charge in [0, 0.05) is 31.4 Å². The first-order valence-electron chi connectivity index (χ1n) is 6.71. The van der Waals surface area contributed by atoms with Gasteiger partial charge >= 0.3 is 5.69 Å². The molecule has 0 saturated carbocycles. The molecule has 2 heterocycles. The second-order valence-electron chi connectivity index (χ2n) is 4.94. The summed E-state index contributed by atoms with van der Waals surface area (Å²) in [5, 5.41) is 14.6. The van der Waals surface area contributed by atoms with Crippen molar-refractivity contribution in [3.05, 3.63) is 27.9 Å². The fourth-order valence-corrected chi connectivity index (χ4v) is 2.47. The zero-order chi connectivity index (χ0) is 13.8. The lowest BCUT2D eigenvalue weighted by Gasteiger charge is -2.25. The molecule has 1 N–H and O–H groups in total. The fourth-order valence-electron chi connectivity index (χ4n) is 2.47. The van der Waals surface area contributed by atoms with Crippen molar-refractivity contribution in [2.75, 3.05) is 24.5 Å². The minimum absolute atomic E-state index is 0.0971. The monoisotopic (exact) mass is 264 g/mol. The molecule has 0 bridgehead atoms. The molecule has 2 rings (SSSR count). The van der Waals surface area contributed by atoms with Gasteiger partial charge in [-0.25, -0.2) is 4.98 Å². The number of hydrogen-bond acceptors (Lipinski definition) is 5. The molecule has 1 aromatic heterocycles. The van der Waals surface area contributed by atoms with Gasteiger partial charge in [-0.1, -0.05) is 0 Å². The average molecular weight is 264 g/mol. The number of nitrogens with one attached hydrogen (secondary N) is 1. The standard InChI is InChI=1S/C13H20N4O2/c1-3-16(9-11-5-4-6-14-11)13-12(17(18)19)7-10(2)8-15-13/h7-8,11,14H,3-6,9H2,1-2H3. The predicted molar refractivity (Wildman–Crippen MR) is 74.5 cm³/mol. The van der Waals surface area contributed by atoms with Crippen LogP contribution in [-0.4, -0.2) is 35.6 Å². The number of anilines is 1. The Morgan fingerprint density at radius 1 is 1.63 bits per heavy atom. The molecule has 1 aromatic rings. The van der Waals surface area contributed by atoms with Crippen LogP contribution in [0.3, 0.4) is 0 Å². The van der Waals surface area contributed by atoms with E-state index < -0.39 is 0 Å². The molecule has 0 spiro atoms. The lowest BCUT2D eigenvalue weighted by atomic mass is 10.2. The molecule has 0 aliphatic carbocycles. The number of nitro groups is 1. The van der Waals surface area contributed by atoms with Crippen LogP contribution in [0.5, 0.6) is 0 Å². The average Bonchev–Trinajstić information content (AvgIpc) is 2.89. The largest absolute Gasteiger partial charge is 0.350 e. The van der Waals surface area contributed by atoms with Gasteiger partial charge < -0.3 is 10.2 Å². The third kappa shape index (κ3) is 3.20. The van der Waals surface area contributed by atoms with Gasteiger partial charge in [0.2, 0.25) is 5.82 Å². The topological polar surface area (TPSA) is 71.3 Å². The molecule has 6 heteroatoms. The summed E-state index contributed by atoms with van der Waals surface area (Å²) < 4.78 is 0. The maximum absolute atomic E-state index is 11.2. The highest BCUT2D eigenvalue weighted by atomic mass is 16.6. The van der Waals surface area contributed by atoms with Crippen molar-refractivity contribution in [2.45, 2.75) is 32.7 Å². The van der Waals surface area contributed by atoms with Crippen LogP contribution in [0.2, 0.25) is 0 Å². The van der Waals surface area contributed by atoms with E-state index in [1.54, 1.807) is 12.3 Å². The number of rotatable bonds is 5. The molecule has 1 aliphatic rings. The second kappa shape index (κ2) is 5.97. The Hall–Kier alpha value is -1.69. The lowest BCUT2D eigenvalue weighted by Crippen LogP contribution is -2.38. The molecule has 1 saturated heterocycles. The van der Waals surface area contributed by atoms with Gasteiger partial charge in [-0.3, -0.25) is 10.1 Å². The molecule has 104 valence electrons. The summed E-state index contributed by atoms with van der Waals surface area (Å²) in [6, 6.07) is 2.00. The molecule has 0 radical (unpaired) electrons. The summed E-state index contributed by atoms with van der Waals surface area (Å²) in [6.07, 6.45) is 3.98. The number of aromatic nitrogens is 1. The van der Waals surface area contributed by atoms with Crippen LogP contribution in [0.25, 0.3) is 0 Å². The number of likely N-dealkylation sites (N-methyl/N-ethyl adjacent to an activating group) is 1. The first kappa shape index (κ1) is 13.7.